The zero-order valence-electron chi connectivity index (χ0n) is 21.1. The molecule has 0 spiro atoms. The molecule has 0 bridgehead atoms. The minimum Gasteiger partial charge on any atom is -0.354 e. The first-order valence-corrected chi connectivity index (χ1v) is 14.6. The molecule has 1 N–H and O–H groups in total. The Morgan fingerprint density at radius 1 is 0.921 bits per heavy atom. The van der Waals surface area contributed by atoms with Crippen molar-refractivity contribution in [1.29, 1.82) is 0 Å². The summed E-state index contributed by atoms with van der Waals surface area (Å²) in [5, 5.41) is 4.10. The van der Waals surface area contributed by atoms with E-state index in [9.17, 15) is 14.0 Å². The number of hydrogen-bond donors (Lipinski definition) is 1. The third-order valence-corrected chi connectivity index (χ3v) is 8.03. The molecule has 0 unspecified atom stereocenters. The summed E-state index contributed by atoms with van der Waals surface area (Å²) < 4.78 is 14.3. The number of rotatable bonds is 13. The SMILES string of the molecule is CCCCNC(=O)[C@H](Cc1ccccc1)N(Cc1c(Cl)cccc1Cl)C(=O)CSCc1c(F)cccc1Cl. The van der Waals surface area contributed by atoms with Crippen LogP contribution in [-0.2, 0) is 28.3 Å². The minimum atomic E-state index is -0.799. The molecule has 0 aromatic heterocycles. The second-order valence-corrected chi connectivity index (χ2v) is 11.0. The molecule has 0 aliphatic rings. The van der Waals surface area contributed by atoms with Crippen LogP contribution in [-0.4, -0.2) is 35.1 Å². The van der Waals surface area contributed by atoms with Crippen molar-refractivity contribution in [1.82, 2.24) is 10.2 Å². The van der Waals surface area contributed by atoms with Gasteiger partial charge in [-0.25, -0.2) is 4.39 Å². The number of amides is 2. The topological polar surface area (TPSA) is 49.4 Å². The molecule has 0 saturated carbocycles. The maximum Gasteiger partial charge on any atom is 0.243 e. The van der Waals surface area contributed by atoms with Gasteiger partial charge in [0.25, 0.3) is 0 Å². The van der Waals surface area contributed by atoms with Crippen molar-refractivity contribution in [3.05, 3.63) is 104 Å². The predicted molar refractivity (Wildman–Crippen MR) is 156 cm³/mol. The molecule has 0 aliphatic carbocycles. The van der Waals surface area contributed by atoms with E-state index in [1.165, 1.54) is 28.8 Å². The molecule has 0 fully saturated rings. The summed E-state index contributed by atoms with van der Waals surface area (Å²) in [6, 6.07) is 18.4. The fourth-order valence-electron chi connectivity index (χ4n) is 3.91. The summed E-state index contributed by atoms with van der Waals surface area (Å²) in [4.78, 5) is 28.7. The highest BCUT2D eigenvalue weighted by Crippen LogP contribution is 2.28. The van der Waals surface area contributed by atoms with Crippen LogP contribution in [0.2, 0.25) is 15.1 Å². The van der Waals surface area contributed by atoms with E-state index in [4.69, 9.17) is 34.8 Å². The van der Waals surface area contributed by atoms with Crippen LogP contribution in [0.25, 0.3) is 0 Å². The lowest BCUT2D eigenvalue weighted by Gasteiger charge is -2.32. The van der Waals surface area contributed by atoms with E-state index in [2.05, 4.69) is 5.32 Å². The van der Waals surface area contributed by atoms with Crippen LogP contribution in [0.5, 0.6) is 0 Å². The zero-order chi connectivity index (χ0) is 27.5. The van der Waals surface area contributed by atoms with Crippen LogP contribution in [0.3, 0.4) is 0 Å². The number of hydrogen-bond acceptors (Lipinski definition) is 3. The Morgan fingerprint density at radius 2 is 1.55 bits per heavy atom. The first-order valence-electron chi connectivity index (χ1n) is 12.4. The summed E-state index contributed by atoms with van der Waals surface area (Å²) >= 11 is 20.3. The Balaban J connectivity index is 1.90. The molecular formula is C29H30Cl3FN2O2S. The van der Waals surface area contributed by atoms with Crippen LogP contribution < -0.4 is 5.32 Å². The lowest BCUT2D eigenvalue weighted by molar-refractivity contribution is -0.139. The second kappa shape index (κ2) is 15.4. The third kappa shape index (κ3) is 8.63. The van der Waals surface area contributed by atoms with Crippen LogP contribution in [0.1, 0.15) is 36.5 Å². The summed E-state index contributed by atoms with van der Waals surface area (Å²) in [5.74, 6) is -0.732. The van der Waals surface area contributed by atoms with Gasteiger partial charge in [-0.05, 0) is 36.2 Å². The van der Waals surface area contributed by atoms with E-state index < -0.39 is 11.9 Å². The molecule has 9 heteroatoms. The molecule has 3 aromatic rings. The molecule has 0 radical (unpaired) electrons. The van der Waals surface area contributed by atoms with Crippen molar-refractivity contribution in [2.45, 2.75) is 44.5 Å². The van der Waals surface area contributed by atoms with Gasteiger partial charge in [0.05, 0.1) is 5.75 Å². The van der Waals surface area contributed by atoms with Crippen LogP contribution >= 0.6 is 46.6 Å². The van der Waals surface area contributed by atoms with Gasteiger partial charge in [0.1, 0.15) is 11.9 Å². The number of carbonyl (C=O) groups excluding carboxylic acids is 2. The highest BCUT2D eigenvalue weighted by Gasteiger charge is 2.31. The number of unbranched alkanes of at least 4 members (excludes halogenated alkanes) is 1. The number of halogens is 4. The molecule has 0 aliphatic heterocycles. The summed E-state index contributed by atoms with van der Waals surface area (Å²) in [5.41, 5.74) is 1.81. The van der Waals surface area contributed by atoms with E-state index in [1.54, 1.807) is 24.3 Å². The van der Waals surface area contributed by atoms with Crippen molar-refractivity contribution in [2.75, 3.05) is 12.3 Å². The molecule has 4 nitrogen and oxygen atoms in total. The van der Waals surface area contributed by atoms with Crippen LogP contribution in [0, 0.1) is 5.82 Å². The van der Waals surface area contributed by atoms with Gasteiger partial charge in [-0.3, -0.25) is 9.59 Å². The molecular weight excluding hydrogens is 566 g/mol. The molecule has 0 heterocycles. The number of nitrogens with zero attached hydrogens (tertiary/aromatic N) is 1. The monoisotopic (exact) mass is 594 g/mol. The van der Waals surface area contributed by atoms with Crippen LogP contribution in [0.4, 0.5) is 4.39 Å². The first-order chi connectivity index (χ1) is 18.3. The molecule has 1 atom stereocenters. The van der Waals surface area contributed by atoms with E-state index in [-0.39, 0.29) is 29.9 Å². The lowest BCUT2D eigenvalue weighted by Crippen LogP contribution is -2.51. The van der Waals surface area contributed by atoms with Crippen molar-refractivity contribution in [3.8, 4) is 0 Å². The van der Waals surface area contributed by atoms with E-state index >= 15 is 0 Å². The van der Waals surface area contributed by atoms with Gasteiger partial charge in [-0.15, -0.1) is 11.8 Å². The number of nitrogens with one attached hydrogen (secondary N) is 1. The van der Waals surface area contributed by atoms with Gasteiger partial charge in [-0.1, -0.05) is 90.6 Å². The minimum absolute atomic E-state index is 0.0142. The Bertz CT molecular complexity index is 1190. The Morgan fingerprint density at radius 3 is 2.18 bits per heavy atom. The molecule has 202 valence electrons. The Hall–Kier alpha value is -2.25. The second-order valence-electron chi connectivity index (χ2n) is 8.76. The quantitative estimate of drug-likeness (QED) is 0.207. The van der Waals surface area contributed by atoms with Crippen molar-refractivity contribution < 1.29 is 14.0 Å². The standard InChI is InChI=1S/C29H30Cl3FN2O2S/c1-2-3-15-34-29(37)27(16-20-9-5-4-6-10-20)35(17-21-23(30)11-7-12-24(21)31)28(36)19-38-18-22-25(32)13-8-14-26(22)33/h4-14,27H,2-3,15-19H2,1H3,(H,34,37)/t27-/m0/s1. The molecule has 0 saturated heterocycles. The average Bonchev–Trinajstić information content (AvgIpc) is 2.90. The van der Waals surface area contributed by atoms with E-state index in [1.807, 2.05) is 37.3 Å². The molecule has 38 heavy (non-hydrogen) atoms. The fourth-order valence-corrected chi connectivity index (χ4v) is 5.67. The maximum atomic E-state index is 14.3. The number of benzene rings is 3. The predicted octanol–water partition coefficient (Wildman–Crippen LogP) is 7.58. The summed E-state index contributed by atoms with van der Waals surface area (Å²) in [6.45, 7) is 2.61. The normalized spacial score (nSPS) is 11.7. The van der Waals surface area contributed by atoms with Crippen molar-refractivity contribution >= 4 is 58.4 Å². The van der Waals surface area contributed by atoms with Gasteiger partial charge in [0, 0.05) is 51.5 Å². The number of thioether (sulfide) groups is 1. The fraction of sp³-hybridized carbons (Fsp3) is 0.310. The third-order valence-electron chi connectivity index (χ3n) is 6.02. The van der Waals surface area contributed by atoms with Gasteiger partial charge >= 0.3 is 0 Å². The van der Waals surface area contributed by atoms with Gasteiger partial charge in [0.2, 0.25) is 11.8 Å². The molecule has 3 aromatic carbocycles. The van der Waals surface area contributed by atoms with Gasteiger partial charge in [0.15, 0.2) is 0 Å². The largest absolute Gasteiger partial charge is 0.354 e. The summed E-state index contributed by atoms with van der Waals surface area (Å²) in [7, 11) is 0. The highest BCUT2D eigenvalue weighted by molar-refractivity contribution is 7.99. The lowest BCUT2D eigenvalue weighted by atomic mass is 10.0. The highest BCUT2D eigenvalue weighted by atomic mass is 35.5. The van der Waals surface area contributed by atoms with Crippen molar-refractivity contribution in [3.63, 3.8) is 0 Å². The summed E-state index contributed by atoms with van der Waals surface area (Å²) in [6.07, 6.45) is 2.07. The van der Waals surface area contributed by atoms with Gasteiger partial charge < -0.3 is 10.2 Å². The number of carbonyl (C=O) groups is 2. The smallest absolute Gasteiger partial charge is 0.243 e. The maximum absolute atomic E-state index is 14.3. The van der Waals surface area contributed by atoms with E-state index in [0.29, 0.717) is 39.2 Å². The van der Waals surface area contributed by atoms with Crippen LogP contribution in [0.15, 0.2) is 66.7 Å². The first kappa shape index (κ1) is 30.3. The van der Waals surface area contributed by atoms with E-state index in [0.717, 1.165) is 18.4 Å². The molecule has 2 amide bonds. The van der Waals surface area contributed by atoms with Gasteiger partial charge in [-0.2, -0.15) is 0 Å². The average molecular weight is 596 g/mol. The zero-order valence-corrected chi connectivity index (χ0v) is 24.1. The molecule has 3 rings (SSSR count). The Labute approximate surface area is 242 Å². The van der Waals surface area contributed by atoms with Crippen molar-refractivity contribution in [2.24, 2.45) is 0 Å². The Kier molecular flexibility index (Phi) is 12.3.